The Morgan fingerprint density at radius 2 is 2.18 bits per heavy atom. The number of carbonyl (C=O) groups excluding carboxylic acids is 3. The lowest BCUT2D eigenvalue weighted by molar-refractivity contribution is -0.135. The molecule has 0 bridgehead atoms. The molecule has 0 spiro atoms. The molecule has 0 aromatic rings. The second-order valence-corrected chi connectivity index (χ2v) is 4.43. The molecule has 0 saturated carbocycles. The van der Waals surface area contributed by atoms with Gasteiger partial charge in [0.25, 0.3) is 0 Å². The number of imide groups is 1. The highest BCUT2D eigenvalue weighted by Crippen LogP contribution is 2.03. The van der Waals surface area contributed by atoms with Gasteiger partial charge >= 0.3 is 0 Å². The lowest BCUT2D eigenvalue weighted by Crippen LogP contribution is -2.51. The van der Waals surface area contributed by atoms with Crippen molar-refractivity contribution < 1.29 is 14.4 Å². The average Bonchev–Trinajstić information content (AvgIpc) is 2.20. The molecule has 1 saturated heterocycles. The molecule has 0 aliphatic carbocycles. The summed E-state index contributed by atoms with van der Waals surface area (Å²) in [6, 6.07) is -0.238. The first-order chi connectivity index (χ1) is 7.99. The molecule has 1 aliphatic heterocycles. The molecular formula is C11H19N3O3. The predicted octanol–water partition coefficient (Wildman–Crippen LogP) is -0.704. The van der Waals surface area contributed by atoms with Crippen LogP contribution in [-0.2, 0) is 14.4 Å². The van der Waals surface area contributed by atoms with Crippen molar-refractivity contribution in [2.45, 2.75) is 45.2 Å². The Morgan fingerprint density at radius 3 is 2.76 bits per heavy atom. The Bertz CT molecular complexity index is 315. The third-order valence-electron chi connectivity index (χ3n) is 2.43. The van der Waals surface area contributed by atoms with Gasteiger partial charge in [0.05, 0.1) is 6.04 Å². The van der Waals surface area contributed by atoms with Crippen LogP contribution >= 0.6 is 0 Å². The summed E-state index contributed by atoms with van der Waals surface area (Å²) in [4.78, 5) is 33.6. The Labute approximate surface area is 101 Å². The molecule has 1 atom stereocenters. The first kappa shape index (κ1) is 13.6. The zero-order chi connectivity index (χ0) is 12.8. The number of hydrogen-bond donors (Lipinski definition) is 3. The smallest absolute Gasteiger partial charge is 0.243 e. The van der Waals surface area contributed by atoms with Gasteiger partial charge in [0.2, 0.25) is 17.7 Å². The first-order valence-corrected chi connectivity index (χ1v) is 5.85. The van der Waals surface area contributed by atoms with Crippen LogP contribution in [0.2, 0.25) is 0 Å². The minimum absolute atomic E-state index is 0.0419. The van der Waals surface area contributed by atoms with Gasteiger partial charge < -0.3 is 10.6 Å². The van der Waals surface area contributed by atoms with E-state index < -0.39 is 0 Å². The van der Waals surface area contributed by atoms with Crippen molar-refractivity contribution in [1.82, 2.24) is 16.0 Å². The fraction of sp³-hybridized carbons (Fsp3) is 0.727. The molecule has 6 heteroatoms. The van der Waals surface area contributed by atoms with E-state index in [-0.39, 0.29) is 29.8 Å². The lowest BCUT2D eigenvalue weighted by atomic mass is 10.1. The number of nitrogens with one attached hydrogen (secondary N) is 3. The largest absolute Gasteiger partial charge is 0.354 e. The Kier molecular flexibility index (Phi) is 5.09. The summed E-state index contributed by atoms with van der Waals surface area (Å²) in [5.41, 5.74) is 0. The van der Waals surface area contributed by atoms with E-state index in [0.29, 0.717) is 25.8 Å². The quantitative estimate of drug-likeness (QED) is 0.555. The molecule has 17 heavy (non-hydrogen) atoms. The summed E-state index contributed by atoms with van der Waals surface area (Å²) in [5.74, 6) is -0.573. The van der Waals surface area contributed by atoms with E-state index in [9.17, 15) is 14.4 Å². The summed E-state index contributed by atoms with van der Waals surface area (Å²) in [6.45, 7) is 4.22. The van der Waals surface area contributed by atoms with Gasteiger partial charge in [-0.1, -0.05) is 0 Å². The SMILES string of the molecule is CC(C)NC(=O)CCNC1CCC(=O)NC1=O. The number of amides is 3. The molecular weight excluding hydrogens is 222 g/mol. The van der Waals surface area contributed by atoms with Crippen LogP contribution in [0.4, 0.5) is 0 Å². The van der Waals surface area contributed by atoms with Crippen LogP contribution in [0.25, 0.3) is 0 Å². The molecule has 1 unspecified atom stereocenters. The van der Waals surface area contributed by atoms with E-state index in [2.05, 4.69) is 16.0 Å². The van der Waals surface area contributed by atoms with E-state index in [1.165, 1.54) is 0 Å². The number of rotatable bonds is 5. The van der Waals surface area contributed by atoms with Gasteiger partial charge in [-0.05, 0) is 20.3 Å². The highest BCUT2D eigenvalue weighted by Gasteiger charge is 2.25. The summed E-state index contributed by atoms with van der Waals surface area (Å²) >= 11 is 0. The van der Waals surface area contributed by atoms with Crippen molar-refractivity contribution in [2.24, 2.45) is 0 Å². The predicted molar refractivity (Wildman–Crippen MR) is 62.1 cm³/mol. The fourth-order valence-electron chi connectivity index (χ4n) is 1.64. The average molecular weight is 241 g/mol. The monoisotopic (exact) mass is 241 g/mol. The lowest BCUT2D eigenvalue weighted by Gasteiger charge is -2.21. The Balaban J connectivity index is 2.20. The fourth-order valence-corrected chi connectivity index (χ4v) is 1.64. The topological polar surface area (TPSA) is 87.3 Å². The van der Waals surface area contributed by atoms with E-state index in [0.717, 1.165) is 0 Å². The van der Waals surface area contributed by atoms with Gasteiger partial charge in [-0.2, -0.15) is 0 Å². The minimum Gasteiger partial charge on any atom is -0.354 e. The molecule has 1 aliphatic rings. The minimum atomic E-state index is -0.362. The van der Waals surface area contributed by atoms with E-state index in [1.54, 1.807) is 0 Å². The van der Waals surface area contributed by atoms with E-state index >= 15 is 0 Å². The van der Waals surface area contributed by atoms with Gasteiger partial charge in [-0.15, -0.1) is 0 Å². The van der Waals surface area contributed by atoms with Crippen LogP contribution in [0.3, 0.4) is 0 Å². The molecule has 0 aromatic carbocycles. The van der Waals surface area contributed by atoms with Crippen molar-refractivity contribution in [3.63, 3.8) is 0 Å². The zero-order valence-corrected chi connectivity index (χ0v) is 10.2. The molecule has 1 heterocycles. The van der Waals surface area contributed by atoms with Crippen LogP contribution in [0, 0.1) is 0 Å². The third kappa shape index (κ3) is 4.95. The molecule has 6 nitrogen and oxygen atoms in total. The molecule has 1 fully saturated rings. The van der Waals surface area contributed by atoms with Crippen LogP contribution in [0.5, 0.6) is 0 Å². The van der Waals surface area contributed by atoms with Gasteiger partial charge in [-0.3, -0.25) is 19.7 Å². The van der Waals surface area contributed by atoms with Crippen LogP contribution in [-0.4, -0.2) is 36.3 Å². The van der Waals surface area contributed by atoms with Crippen molar-refractivity contribution in [3.05, 3.63) is 0 Å². The summed E-state index contributed by atoms with van der Waals surface area (Å²) < 4.78 is 0. The second-order valence-electron chi connectivity index (χ2n) is 4.43. The zero-order valence-electron chi connectivity index (χ0n) is 10.2. The van der Waals surface area contributed by atoms with Crippen molar-refractivity contribution in [2.75, 3.05) is 6.54 Å². The molecule has 3 amide bonds. The van der Waals surface area contributed by atoms with Gasteiger partial charge in [0, 0.05) is 25.4 Å². The molecule has 1 rings (SSSR count). The highest BCUT2D eigenvalue weighted by atomic mass is 16.2. The van der Waals surface area contributed by atoms with Gasteiger partial charge in [0.1, 0.15) is 0 Å². The summed E-state index contributed by atoms with van der Waals surface area (Å²) in [7, 11) is 0. The van der Waals surface area contributed by atoms with Gasteiger partial charge in [-0.25, -0.2) is 0 Å². The maximum absolute atomic E-state index is 11.4. The second kappa shape index (κ2) is 6.34. The van der Waals surface area contributed by atoms with E-state index in [4.69, 9.17) is 0 Å². The van der Waals surface area contributed by atoms with Crippen LogP contribution in [0.15, 0.2) is 0 Å². The van der Waals surface area contributed by atoms with Crippen molar-refractivity contribution >= 4 is 17.7 Å². The number of piperidine rings is 1. The molecule has 3 N–H and O–H groups in total. The Hall–Kier alpha value is -1.43. The third-order valence-corrected chi connectivity index (χ3v) is 2.43. The van der Waals surface area contributed by atoms with E-state index in [1.807, 2.05) is 13.8 Å². The standard InChI is InChI=1S/C11H19N3O3/c1-7(2)13-10(16)5-6-12-8-3-4-9(15)14-11(8)17/h7-8,12H,3-6H2,1-2H3,(H,13,16)(H,14,15,17). The highest BCUT2D eigenvalue weighted by molar-refractivity contribution is 6.00. The maximum atomic E-state index is 11.4. The number of hydrogen-bond acceptors (Lipinski definition) is 4. The van der Waals surface area contributed by atoms with Crippen molar-refractivity contribution in [3.8, 4) is 0 Å². The van der Waals surface area contributed by atoms with Gasteiger partial charge in [0.15, 0.2) is 0 Å². The van der Waals surface area contributed by atoms with Crippen LogP contribution in [0.1, 0.15) is 33.1 Å². The molecule has 96 valence electrons. The number of carbonyl (C=O) groups is 3. The molecule has 0 aromatic heterocycles. The maximum Gasteiger partial charge on any atom is 0.243 e. The molecule has 0 radical (unpaired) electrons. The summed E-state index contributed by atoms with van der Waals surface area (Å²) in [6.07, 6.45) is 1.17. The normalized spacial score (nSPS) is 20.3. The summed E-state index contributed by atoms with van der Waals surface area (Å²) in [5, 5.41) is 7.99. The first-order valence-electron chi connectivity index (χ1n) is 5.85. The Morgan fingerprint density at radius 1 is 1.47 bits per heavy atom. The van der Waals surface area contributed by atoms with Crippen LogP contribution < -0.4 is 16.0 Å². The van der Waals surface area contributed by atoms with Crippen molar-refractivity contribution in [1.29, 1.82) is 0 Å².